The number of halogens is 2. The van der Waals surface area contributed by atoms with Gasteiger partial charge < -0.3 is 14.7 Å². The van der Waals surface area contributed by atoms with Crippen LogP contribution in [0.25, 0.3) is 0 Å². The van der Waals surface area contributed by atoms with Gasteiger partial charge in [0.25, 0.3) is 0 Å². The highest BCUT2D eigenvalue weighted by Crippen LogP contribution is 2.29. The van der Waals surface area contributed by atoms with Crippen LogP contribution in [0.3, 0.4) is 0 Å². The zero-order valence-corrected chi connectivity index (χ0v) is 21.2. The van der Waals surface area contributed by atoms with Gasteiger partial charge in [-0.25, -0.2) is 4.98 Å². The standard InChI is InChI=1S/C25H27Cl2N5OS/c26-20-7-5-18(6-8-20)17-23-28-25(34-29-23)32-11-9-19(10-12-32)24(33)31-15-13-30(14-16-31)22-4-2-1-3-21(22)27/h1-8,19H,9-17H2. The van der Waals surface area contributed by atoms with Crippen LogP contribution in [0.5, 0.6) is 0 Å². The molecule has 0 aliphatic carbocycles. The summed E-state index contributed by atoms with van der Waals surface area (Å²) in [5.74, 6) is 1.21. The fraction of sp³-hybridized carbons (Fsp3) is 0.400. The predicted molar refractivity (Wildman–Crippen MR) is 139 cm³/mol. The number of carbonyl (C=O) groups excluding carboxylic acids is 1. The molecule has 0 radical (unpaired) electrons. The molecule has 0 saturated carbocycles. The summed E-state index contributed by atoms with van der Waals surface area (Å²) in [5, 5.41) is 2.45. The molecule has 0 spiro atoms. The third-order valence-corrected chi connectivity index (χ3v) is 8.02. The normalized spacial score (nSPS) is 17.3. The second-order valence-corrected chi connectivity index (χ2v) is 10.4. The van der Waals surface area contributed by atoms with Crippen molar-refractivity contribution < 1.29 is 4.79 Å². The molecule has 178 valence electrons. The molecule has 1 aromatic heterocycles. The lowest BCUT2D eigenvalue weighted by Gasteiger charge is -2.39. The van der Waals surface area contributed by atoms with E-state index in [1.807, 2.05) is 53.4 Å². The minimum absolute atomic E-state index is 0.0876. The van der Waals surface area contributed by atoms with Gasteiger partial charge in [0, 0.05) is 68.2 Å². The molecule has 9 heteroatoms. The van der Waals surface area contributed by atoms with E-state index in [1.165, 1.54) is 11.5 Å². The summed E-state index contributed by atoms with van der Waals surface area (Å²) in [6.07, 6.45) is 2.41. The molecule has 34 heavy (non-hydrogen) atoms. The maximum atomic E-state index is 13.2. The number of hydrogen-bond donors (Lipinski definition) is 0. The van der Waals surface area contributed by atoms with Gasteiger partial charge in [0.1, 0.15) is 5.82 Å². The van der Waals surface area contributed by atoms with E-state index >= 15 is 0 Å². The molecule has 6 nitrogen and oxygen atoms in total. The van der Waals surface area contributed by atoms with Gasteiger partial charge in [-0.2, -0.15) is 4.37 Å². The van der Waals surface area contributed by atoms with Gasteiger partial charge in [-0.3, -0.25) is 4.79 Å². The maximum Gasteiger partial charge on any atom is 0.225 e. The van der Waals surface area contributed by atoms with E-state index in [9.17, 15) is 4.79 Å². The Balaban J connectivity index is 1.11. The number of aromatic nitrogens is 2. The van der Waals surface area contributed by atoms with Gasteiger partial charge in [-0.05, 0) is 42.7 Å². The highest BCUT2D eigenvalue weighted by molar-refractivity contribution is 7.09. The van der Waals surface area contributed by atoms with Crippen molar-refractivity contribution in [1.29, 1.82) is 0 Å². The summed E-state index contributed by atoms with van der Waals surface area (Å²) in [7, 11) is 0. The summed E-state index contributed by atoms with van der Waals surface area (Å²) < 4.78 is 4.54. The molecule has 2 fully saturated rings. The Bertz CT molecular complexity index is 1120. The van der Waals surface area contributed by atoms with Crippen LogP contribution in [-0.2, 0) is 11.2 Å². The van der Waals surface area contributed by atoms with Crippen molar-refractivity contribution in [2.45, 2.75) is 19.3 Å². The highest BCUT2D eigenvalue weighted by atomic mass is 35.5. The molecule has 0 atom stereocenters. The van der Waals surface area contributed by atoms with Crippen molar-refractivity contribution in [2.24, 2.45) is 5.92 Å². The Hall–Kier alpha value is -2.35. The van der Waals surface area contributed by atoms with E-state index in [1.54, 1.807) is 0 Å². The van der Waals surface area contributed by atoms with E-state index in [4.69, 9.17) is 28.2 Å². The summed E-state index contributed by atoms with van der Waals surface area (Å²) in [5.41, 5.74) is 2.20. The zero-order chi connectivity index (χ0) is 23.5. The van der Waals surface area contributed by atoms with Crippen LogP contribution in [0.15, 0.2) is 48.5 Å². The average molecular weight is 516 g/mol. The van der Waals surface area contributed by atoms with Gasteiger partial charge >= 0.3 is 0 Å². The molecule has 0 unspecified atom stereocenters. The molecule has 3 aromatic rings. The van der Waals surface area contributed by atoms with Crippen molar-refractivity contribution in [3.05, 3.63) is 70.0 Å². The van der Waals surface area contributed by atoms with Crippen LogP contribution in [0.2, 0.25) is 10.0 Å². The summed E-state index contributed by atoms with van der Waals surface area (Å²) in [4.78, 5) is 24.5. The summed E-state index contributed by atoms with van der Waals surface area (Å²) >= 11 is 13.8. The molecule has 1 amide bonds. The fourth-order valence-electron chi connectivity index (χ4n) is 4.68. The number of hydrogen-bond acceptors (Lipinski definition) is 6. The molecule has 2 aliphatic heterocycles. The number of para-hydroxylation sites is 1. The lowest BCUT2D eigenvalue weighted by Crippen LogP contribution is -2.51. The van der Waals surface area contributed by atoms with Crippen molar-refractivity contribution in [2.75, 3.05) is 49.1 Å². The molecule has 0 N–H and O–H groups in total. The lowest BCUT2D eigenvalue weighted by atomic mass is 9.95. The van der Waals surface area contributed by atoms with Crippen molar-refractivity contribution in [3.8, 4) is 0 Å². The first-order chi connectivity index (χ1) is 16.6. The Morgan fingerprint density at radius 2 is 1.62 bits per heavy atom. The Morgan fingerprint density at radius 3 is 2.32 bits per heavy atom. The van der Waals surface area contributed by atoms with E-state index in [-0.39, 0.29) is 5.92 Å². The van der Waals surface area contributed by atoms with Gasteiger partial charge in [-0.15, -0.1) is 0 Å². The van der Waals surface area contributed by atoms with Crippen LogP contribution in [-0.4, -0.2) is 59.4 Å². The van der Waals surface area contributed by atoms with E-state index in [2.05, 4.69) is 14.2 Å². The number of piperidine rings is 1. The first kappa shape index (κ1) is 23.4. The fourth-order valence-corrected chi connectivity index (χ4v) is 5.80. The van der Waals surface area contributed by atoms with Crippen molar-refractivity contribution >= 4 is 51.5 Å². The maximum absolute atomic E-state index is 13.2. The van der Waals surface area contributed by atoms with Crippen LogP contribution in [0, 0.1) is 5.92 Å². The first-order valence-corrected chi connectivity index (χ1v) is 13.2. The zero-order valence-electron chi connectivity index (χ0n) is 18.9. The van der Waals surface area contributed by atoms with Crippen LogP contribution in [0.4, 0.5) is 10.8 Å². The van der Waals surface area contributed by atoms with Crippen molar-refractivity contribution in [1.82, 2.24) is 14.3 Å². The van der Waals surface area contributed by atoms with Gasteiger partial charge in [0.2, 0.25) is 11.0 Å². The van der Waals surface area contributed by atoms with Gasteiger partial charge in [0.05, 0.1) is 10.7 Å². The number of anilines is 2. The Morgan fingerprint density at radius 1 is 0.912 bits per heavy atom. The summed E-state index contributed by atoms with van der Waals surface area (Å²) in [6, 6.07) is 15.7. The monoisotopic (exact) mass is 515 g/mol. The van der Waals surface area contributed by atoms with Gasteiger partial charge in [0.15, 0.2) is 0 Å². The Labute approximate surface area is 214 Å². The molecule has 2 saturated heterocycles. The number of rotatable bonds is 5. The lowest BCUT2D eigenvalue weighted by molar-refractivity contribution is -0.136. The summed E-state index contributed by atoms with van der Waals surface area (Å²) in [6.45, 7) is 4.80. The third kappa shape index (κ3) is 5.32. The molecule has 3 heterocycles. The highest BCUT2D eigenvalue weighted by Gasteiger charge is 2.31. The molecule has 0 bridgehead atoms. The third-order valence-electron chi connectivity index (χ3n) is 6.63. The number of piperazine rings is 1. The largest absolute Gasteiger partial charge is 0.367 e. The van der Waals surface area contributed by atoms with E-state index in [0.29, 0.717) is 12.3 Å². The van der Waals surface area contributed by atoms with E-state index < -0.39 is 0 Å². The average Bonchev–Trinajstić information content (AvgIpc) is 3.34. The molecule has 2 aromatic carbocycles. The molecule has 5 rings (SSSR count). The molecule has 2 aliphatic rings. The molecular formula is C25H27Cl2N5OS. The molecular weight excluding hydrogens is 489 g/mol. The second kappa shape index (κ2) is 10.5. The van der Waals surface area contributed by atoms with Crippen LogP contribution >= 0.6 is 34.7 Å². The minimum atomic E-state index is 0.0876. The number of carbonyl (C=O) groups is 1. The van der Waals surface area contributed by atoms with E-state index in [0.717, 1.165) is 84.4 Å². The SMILES string of the molecule is O=C(C1CCN(c2nc(Cc3ccc(Cl)cc3)ns2)CC1)N1CCN(c2ccccc2Cl)CC1. The van der Waals surface area contributed by atoms with Crippen molar-refractivity contribution in [3.63, 3.8) is 0 Å². The van der Waals surface area contributed by atoms with Crippen LogP contribution < -0.4 is 9.80 Å². The number of amides is 1. The first-order valence-electron chi connectivity index (χ1n) is 11.7. The second-order valence-electron chi connectivity index (χ2n) is 8.82. The quantitative estimate of drug-likeness (QED) is 0.478. The number of benzene rings is 2. The van der Waals surface area contributed by atoms with Crippen LogP contribution in [0.1, 0.15) is 24.2 Å². The topological polar surface area (TPSA) is 52.6 Å². The Kier molecular flexibility index (Phi) is 7.23. The number of nitrogens with zero attached hydrogens (tertiary/aromatic N) is 5. The minimum Gasteiger partial charge on any atom is -0.367 e. The van der Waals surface area contributed by atoms with Gasteiger partial charge in [-0.1, -0.05) is 47.5 Å². The smallest absolute Gasteiger partial charge is 0.225 e. The predicted octanol–water partition coefficient (Wildman–Crippen LogP) is 5.00.